The molecule has 0 saturated carbocycles. The third kappa shape index (κ3) is 5.42. The van der Waals surface area contributed by atoms with Crippen molar-refractivity contribution in [1.82, 2.24) is 0 Å². The highest BCUT2D eigenvalue weighted by Crippen LogP contribution is 2.42. The zero-order valence-corrected chi connectivity index (χ0v) is 17.3. The molecule has 0 radical (unpaired) electrons. The van der Waals surface area contributed by atoms with Crippen LogP contribution in [0, 0.1) is 17.3 Å². The first kappa shape index (κ1) is 21.1. The van der Waals surface area contributed by atoms with Gasteiger partial charge in [0.2, 0.25) is 0 Å². The number of allylic oxidation sites excluding steroid dienone is 1. The predicted octanol–water partition coefficient (Wildman–Crippen LogP) is 5.60. The van der Waals surface area contributed by atoms with Crippen LogP contribution in [-0.4, -0.2) is 24.6 Å². The molecule has 146 valence electrons. The number of rotatable bonds is 8. The van der Waals surface area contributed by atoms with Gasteiger partial charge < -0.3 is 14.2 Å². The van der Waals surface area contributed by atoms with E-state index in [2.05, 4.69) is 46.4 Å². The minimum absolute atomic E-state index is 0.0688. The van der Waals surface area contributed by atoms with Crippen LogP contribution in [0.3, 0.4) is 0 Å². The third-order valence-corrected chi connectivity index (χ3v) is 5.28. The molecule has 0 aromatic heterocycles. The zero-order chi connectivity index (χ0) is 19.4. The molecule has 0 spiro atoms. The number of hydrogen-bond donors (Lipinski definition) is 0. The fourth-order valence-corrected chi connectivity index (χ4v) is 4.04. The molecule has 1 fully saturated rings. The Morgan fingerprint density at radius 3 is 2.50 bits per heavy atom. The van der Waals surface area contributed by atoms with Crippen LogP contribution in [0.4, 0.5) is 0 Å². The fourth-order valence-electron chi connectivity index (χ4n) is 4.04. The Morgan fingerprint density at radius 1 is 1.23 bits per heavy atom. The summed E-state index contributed by atoms with van der Waals surface area (Å²) in [6, 6.07) is 10.3. The highest BCUT2D eigenvalue weighted by Gasteiger charge is 2.48. The van der Waals surface area contributed by atoms with Crippen molar-refractivity contribution in [3.63, 3.8) is 0 Å². The first-order valence-electron chi connectivity index (χ1n) is 9.74. The molecule has 3 nitrogen and oxygen atoms in total. The van der Waals surface area contributed by atoms with E-state index >= 15 is 0 Å². The van der Waals surface area contributed by atoms with E-state index in [4.69, 9.17) is 14.2 Å². The van der Waals surface area contributed by atoms with Gasteiger partial charge in [0, 0.05) is 11.3 Å². The highest BCUT2D eigenvalue weighted by atomic mass is 16.7. The van der Waals surface area contributed by atoms with Crippen LogP contribution < -0.4 is 0 Å². The Balaban J connectivity index is 2.05. The van der Waals surface area contributed by atoms with Crippen LogP contribution in [0.15, 0.2) is 43.0 Å². The molecule has 0 amide bonds. The van der Waals surface area contributed by atoms with E-state index < -0.39 is 5.79 Å². The number of ether oxygens (including phenoxy) is 3. The Labute approximate surface area is 159 Å². The summed E-state index contributed by atoms with van der Waals surface area (Å²) in [6.45, 7) is 18.1. The molecule has 1 aromatic rings. The molecule has 0 bridgehead atoms. The molecule has 1 saturated heterocycles. The average Bonchev–Trinajstić information content (AvgIpc) is 2.57. The molecule has 1 aliphatic rings. The van der Waals surface area contributed by atoms with E-state index in [0.29, 0.717) is 19.1 Å². The number of hydrogen-bond acceptors (Lipinski definition) is 3. The van der Waals surface area contributed by atoms with Crippen molar-refractivity contribution in [3.8, 4) is 0 Å². The summed E-state index contributed by atoms with van der Waals surface area (Å²) in [4.78, 5) is 0. The van der Waals surface area contributed by atoms with Crippen LogP contribution in [0.5, 0.6) is 0 Å². The standard InChI is InChI=1S/C23H36O3/c1-8-12-17(2)20-18(3)21(26-23(6,7)25-20)22(4,5)16-24-15-19-13-10-9-11-14-19/h8-11,13-14,17-18,20-21H,1,12,15-16H2,2-7H3/t17-,18+,20+,21+/m0/s1. The Kier molecular flexibility index (Phi) is 7.06. The van der Waals surface area contributed by atoms with E-state index in [1.165, 1.54) is 5.56 Å². The van der Waals surface area contributed by atoms with Crippen LogP contribution in [0.25, 0.3) is 0 Å². The maximum absolute atomic E-state index is 6.38. The molecule has 1 aromatic carbocycles. The minimum atomic E-state index is -0.589. The lowest BCUT2D eigenvalue weighted by atomic mass is 9.74. The largest absolute Gasteiger partial charge is 0.376 e. The first-order valence-corrected chi connectivity index (χ1v) is 9.74. The lowest BCUT2D eigenvalue weighted by Crippen LogP contribution is -2.57. The normalized spacial score (nSPS) is 27.1. The molecular weight excluding hydrogens is 324 g/mol. The maximum Gasteiger partial charge on any atom is 0.163 e. The van der Waals surface area contributed by atoms with Crippen molar-refractivity contribution in [2.24, 2.45) is 17.3 Å². The van der Waals surface area contributed by atoms with Gasteiger partial charge in [0.15, 0.2) is 5.79 Å². The van der Waals surface area contributed by atoms with Gasteiger partial charge in [0.05, 0.1) is 25.4 Å². The fraction of sp³-hybridized carbons (Fsp3) is 0.652. The molecule has 0 unspecified atom stereocenters. The lowest BCUT2D eigenvalue weighted by molar-refractivity contribution is -0.345. The van der Waals surface area contributed by atoms with Gasteiger partial charge in [-0.05, 0) is 31.7 Å². The molecular formula is C23H36O3. The number of benzene rings is 1. The third-order valence-electron chi connectivity index (χ3n) is 5.28. The Bertz CT molecular complexity index is 564. The summed E-state index contributed by atoms with van der Waals surface area (Å²) in [6.07, 6.45) is 3.14. The van der Waals surface area contributed by atoms with Gasteiger partial charge >= 0.3 is 0 Å². The summed E-state index contributed by atoms with van der Waals surface area (Å²) < 4.78 is 18.7. The van der Waals surface area contributed by atoms with Gasteiger partial charge in [0.25, 0.3) is 0 Å². The van der Waals surface area contributed by atoms with Crippen LogP contribution in [-0.2, 0) is 20.8 Å². The van der Waals surface area contributed by atoms with Crippen molar-refractivity contribution in [3.05, 3.63) is 48.6 Å². The van der Waals surface area contributed by atoms with Crippen molar-refractivity contribution in [1.29, 1.82) is 0 Å². The second kappa shape index (κ2) is 8.69. The van der Waals surface area contributed by atoms with Gasteiger partial charge in [-0.2, -0.15) is 0 Å². The Hall–Kier alpha value is -1.16. The molecule has 1 aliphatic heterocycles. The zero-order valence-electron chi connectivity index (χ0n) is 17.3. The van der Waals surface area contributed by atoms with Gasteiger partial charge in [-0.15, -0.1) is 6.58 Å². The maximum atomic E-state index is 6.38. The van der Waals surface area contributed by atoms with E-state index in [1.807, 2.05) is 38.1 Å². The molecule has 0 N–H and O–H groups in total. The van der Waals surface area contributed by atoms with Gasteiger partial charge in [0.1, 0.15) is 0 Å². The quantitative estimate of drug-likeness (QED) is 0.565. The van der Waals surface area contributed by atoms with E-state index in [9.17, 15) is 0 Å². The molecule has 1 heterocycles. The van der Waals surface area contributed by atoms with Crippen molar-refractivity contribution < 1.29 is 14.2 Å². The summed E-state index contributed by atoms with van der Waals surface area (Å²) in [5, 5.41) is 0. The molecule has 26 heavy (non-hydrogen) atoms. The SMILES string of the molecule is C=CC[C@H](C)[C@H]1OC(C)(C)O[C@@H](C(C)(C)COCc2ccccc2)[C@@H]1C. The van der Waals surface area contributed by atoms with Crippen LogP contribution in [0.1, 0.15) is 53.5 Å². The van der Waals surface area contributed by atoms with Crippen LogP contribution in [0.2, 0.25) is 0 Å². The van der Waals surface area contributed by atoms with Crippen molar-refractivity contribution in [2.45, 2.75) is 72.6 Å². The monoisotopic (exact) mass is 360 g/mol. The summed E-state index contributed by atoms with van der Waals surface area (Å²) in [5.74, 6) is 0.107. The van der Waals surface area contributed by atoms with Crippen molar-refractivity contribution in [2.75, 3.05) is 6.61 Å². The predicted molar refractivity (Wildman–Crippen MR) is 107 cm³/mol. The molecule has 3 heteroatoms. The van der Waals surface area contributed by atoms with E-state index in [0.717, 1.165) is 6.42 Å². The highest BCUT2D eigenvalue weighted by molar-refractivity contribution is 5.13. The van der Waals surface area contributed by atoms with Gasteiger partial charge in [-0.1, -0.05) is 64.1 Å². The topological polar surface area (TPSA) is 27.7 Å². The second-order valence-corrected chi connectivity index (χ2v) is 8.85. The minimum Gasteiger partial charge on any atom is -0.376 e. The summed E-state index contributed by atoms with van der Waals surface area (Å²) in [5.41, 5.74) is 1.09. The van der Waals surface area contributed by atoms with Crippen molar-refractivity contribution >= 4 is 0 Å². The van der Waals surface area contributed by atoms with E-state index in [-0.39, 0.29) is 23.5 Å². The summed E-state index contributed by atoms with van der Waals surface area (Å²) in [7, 11) is 0. The first-order chi connectivity index (χ1) is 12.2. The van der Waals surface area contributed by atoms with Gasteiger partial charge in [-0.3, -0.25) is 0 Å². The lowest BCUT2D eigenvalue weighted by Gasteiger charge is -2.51. The molecule has 0 aliphatic carbocycles. The average molecular weight is 361 g/mol. The van der Waals surface area contributed by atoms with Crippen LogP contribution >= 0.6 is 0 Å². The van der Waals surface area contributed by atoms with Gasteiger partial charge in [-0.25, -0.2) is 0 Å². The summed E-state index contributed by atoms with van der Waals surface area (Å²) >= 11 is 0. The van der Waals surface area contributed by atoms with E-state index in [1.54, 1.807) is 0 Å². The smallest absolute Gasteiger partial charge is 0.163 e. The molecule has 4 atom stereocenters. The Morgan fingerprint density at radius 2 is 1.88 bits per heavy atom. The second-order valence-electron chi connectivity index (χ2n) is 8.85. The molecule has 2 rings (SSSR count).